The van der Waals surface area contributed by atoms with Crippen molar-refractivity contribution in [2.75, 3.05) is 12.4 Å². The number of aromatic nitrogens is 1. The highest BCUT2D eigenvalue weighted by Gasteiger charge is 2.13. The Bertz CT molecular complexity index is 572. The molecule has 0 saturated carbocycles. The van der Waals surface area contributed by atoms with E-state index in [2.05, 4.69) is 15.0 Å². The number of nitrogens with zero attached hydrogens (tertiary/aromatic N) is 1. The van der Waals surface area contributed by atoms with E-state index in [0.717, 1.165) is 10.7 Å². The lowest BCUT2D eigenvalue weighted by atomic mass is 10.2. The molecular formula is C13H13ClN2O2S. The summed E-state index contributed by atoms with van der Waals surface area (Å²) in [6.45, 7) is 2.01. The molecule has 4 nitrogen and oxygen atoms in total. The average Bonchev–Trinajstić information content (AvgIpc) is 2.94. The van der Waals surface area contributed by atoms with E-state index >= 15 is 0 Å². The number of nitrogens with one attached hydrogen (secondary N) is 1. The summed E-state index contributed by atoms with van der Waals surface area (Å²) < 4.78 is 4.69. The van der Waals surface area contributed by atoms with Gasteiger partial charge in [0.05, 0.1) is 23.7 Å². The quantitative estimate of drug-likeness (QED) is 0.873. The highest BCUT2D eigenvalue weighted by molar-refractivity contribution is 7.09. The molecule has 6 heteroatoms. The van der Waals surface area contributed by atoms with Crippen LogP contribution in [0.2, 0.25) is 5.02 Å². The van der Waals surface area contributed by atoms with Crippen LogP contribution in [0.3, 0.4) is 0 Å². The van der Waals surface area contributed by atoms with Crippen LogP contribution in [0.1, 0.15) is 28.3 Å². The number of anilines is 1. The van der Waals surface area contributed by atoms with Crippen LogP contribution >= 0.6 is 22.9 Å². The minimum Gasteiger partial charge on any atom is -0.465 e. The summed E-state index contributed by atoms with van der Waals surface area (Å²) in [4.78, 5) is 15.8. The molecule has 1 unspecified atom stereocenters. The number of carbonyl (C=O) groups excluding carboxylic acids is 1. The van der Waals surface area contributed by atoms with Gasteiger partial charge in [-0.1, -0.05) is 11.6 Å². The number of esters is 1. The van der Waals surface area contributed by atoms with E-state index in [9.17, 15) is 4.79 Å². The van der Waals surface area contributed by atoms with E-state index in [0.29, 0.717) is 10.6 Å². The number of ether oxygens (including phenoxy) is 1. The van der Waals surface area contributed by atoms with E-state index in [4.69, 9.17) is 11.6 Å². The summed E-state index contributed by atoms with van der Waals surface area (Å²) in [6, 6.07) is 5.23. The maximum Gasteiger partial charge on any atom is 0.339 e. The van der Waals surface area contributed by atoms with Crippen LogP contribution in [0.5, 0.6) is 0 Å². The fourth-order valence-corrected chi connectivity index (χ4v) is 2.48. The Morgan fingerprint density at radius 2 is 2.32 bits per heavy atom. The molecule has 2 rings (SSSR count). The molecule has 1 aromatic heterocycles. The molecule has 100 valence electrons. The number of benzene rings is 1. The van der Waals surface area contributed by atoms with Gasteiger partial charge in [-0.3, -0.25) is 0 Å². The smallest absolute Gasteiger partial charge is 0.339 e. The Morgan fingerprint density at radius 1 is 1.53 bits per heavy atom. The fourth-order valence-electron chi connectivity index (χ4n) is 1.64. The molecule has 1 heterocycles. The number of halogens is 1. The number of hydrogen-bond donors (Lipinski definition) is 1. The van der Waals surface area contributed by atoms with Crippen molar-refractivity contribution in [3.8, 4) is 0 Å². The predicted octanol–water partition coefficient (Wildman–Crippen LogP) is 3.76. The second-order valence-corrected chi connectivity index (χ2v) is 5.26. The van der Waals surface area contributed by atoms with Gasteiger partial charge in [-0.05, 0) is 25.1 Å². The van der Waals surface area contributed by atoms with E-state index in [1.165, 1.54) is 7.11 Å². The molecule has 19 heavy (non-hydrogen) atoms. The van der Waals surface area contributed by atoms with Gasteiger partial charge in [0, 0.05) is 17.3 Å². The molecule has 0 radical (unpaired) electrons. The third-order valence-electron chi connectivity index (χ3n) is 2.58. The summed E-state index contributed by atoms with van der Waals surface area (Å²) >= 11 is 7.54. The number of hydrogen-bond acceptors (Lipinski definition) is 5. The lowest BCUT2D eigenvalue weighted by Crippen LogP contribution is -2.08. The second-order valence-electron chi connectivity index (χ2n) is 3.92. The third-order valence-corrected chi connectivity index (χ3v) is 3.86. The molecule has 0 aliphatic heterocycles. The first-order valence-electron chi connectivity index (χ1n) is 5.65. The van der Waals surface area contributed by atoms with Crippen molar-refractivity contribution in [1.29, 1.82) is 0 Å². The number of methoxy groups -OCH3 is 1. The highest BCUT2D eigenvalue weighted by atomic mass is 35.5. The molecular weight excluding hydrogens is 284 g/mol. The summed E-state index contributed by atoms with van der Waals surface area (Å²) in [7, 11) is 1.33. The topological polar surface area (TPSA) is 51.2 Å². The molecule has 0 spiro atoms. The van der Waals surface area contributed by atoms with Gasteiger partial charge in [0.25, 0.3) is 0 Å². The fraction of sp³-hybridized carbons (Fsp3) is 0.231. The molecule has 0 amide bonds. The van der Waals surface area contributed by atoms with Crippen molar-refractivity contribution in [3.63, 3.8) is 0 Å². The number of rotatable bonds is 4. The van der Waals surface area contributed by atoms with Crippen LogP contribution in [-0.4, -0.2) is 18.1 Å². The van der Waals surface area contributed by atoms with E-state index in [-0.39, 0.29) is 6.04 Å². The van der Waals surface area contributed by atoms with Gasteiger partial charge in [-0.25, -0.2) is 9.78 Å². The first kappa shape index (κ1) is 13.8. The van der Waals surface area contributed by atoms with Crippen molar-refractivity contribution in [2.24, 2.45) is 0 Å². The predicted molar refractivity (Wildman–Crippen MR) is 76.9 cm³/mol. The van der Waals surface area contributed by atoms with Crippen molar-refractivity contribution < 1.29 is 9.53 Å². The summed E-state index contributed by atoms with van der Waals surface area (Å²) in [5.41, 5.74) is 1.15. The summed E-state index contributed by atoms with van der Waals surface area (Å²) in [5, 5.41) is 6.55. The minimum absolute atomic E-state index is 0.0617. The molecule has 1 aromatic carbocycles. The van der Waals surface area contributed by atoms with Crippen LogP contribution in [0.15, 0.2) is 29.8 Å². The van der Waals surface area contributed by atoms with Crippen molar-refractivity contribution in [2.45, 2.75) is 13.0 Å². The SMILES string of the molecule is COC(=O)c1cc(NC(C)c2nccs2)ccc1Cl. The number of thiazole rings is 1. The summed E-state index contributed by atoms with van der Waals surface area (Å²) in [6.07, 6.45) is 1.76. The van der Waals surface area contributed by atoms with E-state index in [1.807, 2.05) is 18.4 Å². The van der Waals surface area contributed by atoms with Crippen LogP contribution in [0.25, 0.3) is 0 Å². The molecule has 1 atom stereocenters. The van der Waals surface area contributed by atoms with E-state index < -0.39 is 5.97 Å². The molecule has 0 saturated heterocycles. The lowest BCUT2D eigenvalue weighted by Gasteiger charge is -2.14. The zero-order chi connectivity index (χ0) is 13.8. The van der Waals surface area contributed by atoms with Gasteiger partial charge in [-0.2, -0.15) is 0 Å². The van der Waals surface area contributed by atoms with Gasteiger partial charge < -0.3 is 10.1 Å². The van der Waals surface area contributed by atoms with Crippen LogP contribution in [-0.2, 0) is 4.74 Å². The molecule has 2 aromatic rings. The second kappa shape index (κ2) is 6.04. The first-order chi connectivity index (χ1) is 9.11. The Hall–Kier alpha value is -1.59. The molecule has 1 N–H and O–H groups in total. The van der Waals surface area contributed by atoms with Gasteiger partial charge >= 0.3 is 5.97 Å². The zero-order valence-electron chi connectivity index (χ0n) is 10.5. The van der Waals surface area contributed by atoms with Crippen LogP contribution in [0, 0.1) is 0 Å². The highest BCUT2D eigenvalue weighted by Crippen LogP contribution is 2.25. The Morgan fingerprint density at radius 3 is 2.95 bits per heavy atom. The molecule has 0 aliphatic carbocycles. The molecule has 0 fully saturated rings. The monoisotopic (exact) mass is 296 g/mol. The van der Waals surface area contributed by atoms with Crippen molar-refractivity contribution >= 4 is 34.6 Å². The number of carbonyl (C=O) groups is 1. The van der Waals surface area contributed by atoms with Gasteiger partial charge in [0.1, 0.15) is 5.01 Å². The Balaban J connectivity index is 2.19. The zero-order valence-corrected chi connectivity index (χ0v) is 12.1. The molecule has 0 aliphatic rings. The van der Waals surface area contributed by atoms with Crippen molar-refractivity contribution in [3.05, 3.63) is 45.4 Å². The largest absolute Gasteiger partial charge is 0.465 e. The van der Waals surface area contributed by atoms with Gasteiger partial charge in [0.15, 0.2) is 0 Å². The van der Waals surface area contributed by atoms with Gasteiger partial charge in [-0.15, -0.1) is 11.3 Å². The van der Waals surface area contributed by atoms with E-state index in [1.54, 1.807) is 29.7 Å². The first-order valence-corrected chi connectivity index (χ1v) is 6.91. The maximum absolute atomic E-state index is 11.6. The molecule has 0 bridgehead atoms. The minimum atomic E-state index is -0.449. The van der Waals surface area contributed by atoms with Crippen LogP contribution < -0.4 is 5.32 Å². The standard InChI is InChI=1S/C13H13ClN2O2S/c1-8(12-15-5-6-19-12)16-9-3-4-11(14)10(7-9)13(17)18-2/h3-8,16H,1-2H3. The van der Waals surface area contributed by atoms with Crippen LogP contribution in [0.4, 0.5) is 5.69 Å². The normalized spacial score (nSPS) is 11.9. The summed E-state index contributed by atoms with van der Waals surface area (Å²) in [5.74, 6) is -0.449. The maximum atomic E-state index is 11.6. The third kappa shape index (κ3) is 3.24. The Kier molecular flexibility index (Phi) is 4.39. The van der Waals surface area contributed by atoms with Gasteiger partial charge in [0.2, 0.25) is 0 Å². The van der Waals surface area contributed by atoms with Crippen molar-refractivity contribution in [1.82, 2.24) is 4.98 Å². The lowest BCUT2D eigenvalue weighted by molar-refractivity contribution is 0.0601. The Labute approximate surface area is 120 Å². The average molecular weight is 297 g/mol.